The normalized spacial score (nSPS) is 11.0. The molecule has 19 heteroatoms. The summed E-state index contributed by atoms with van der Waals surface area (Å²) in [5.41, 5.74) is 9.17. The smallest absolute Gasteiger partial charge is 0.421 e. The largest absolute Gasteiger partial charge is 0.494 e. The minimum atomic E-state index is -1.29. The van der Waals surface area contributed by atoms with Gasteiger partial charge in [0.25, 0.3) is 0 Å². The molecular weight excluding hydrogens is 939 g/mol. The molecule has 1 heterocycles. The molecule has 0 aliphatic rings. The molecule has 0 radical (unpaired) electrons. The summed E-state index contributed by atoms with van der Waals surface area (Å²) in [5, 5.41) is 54.6. The van der Waals surface area contributed by atoms with E-state index in [1.54, 1.807) is 12.1 Å². The van der Waals surface area contributed by atoms with Crippen LogP contribution in [0.3, 0.4) is 0 Å². The molecular formula is C53H49NO18. The van der Waals surface area contributed by atoms with Gasteiger partial charge in [-0.1, -0.05) is 120 Å². The van der Waals surface area contributed by atoms with Crippen molar-refractivity contribution in [1.29, 1.82) is 0 Å². The Morgan fingerprint density at radius 1 is 0.542 bits per heavy atom. The summed E-state index contributed by atoms with van der Waals surface area (Å²) in [6, 6.07) is 33.0. The molecule has 6 aromatic rings. The number of aromatic nitrogens is 1. The van der Waals surface area contributed by atoms with Gasteiger partial charge in [-0.05, 0) is 171 Å². The molecule has 0 aliphatic heterocycles. The second kappa shape index (κ2) is 27.9. The molecule has 72 heavy (non-hydrogen) atoms. The summed E-state index contributed by atoms with van der Waals surface area (Å²) in [7, 11) is 0. The molecule has 0 fully saturated rings. The molecule has 19 nitrogen and oxygen atoms in total. The molecule has 1 aromatic heterocycles. The van der Waals surface area contributed by atoms with Gasteiger partial charge in [-0.2, -0.15) is 0 Å². The van der Waals surface area contributed by atoms with Gasteiger partial charge in [0.15, 0.2) is 0 Å². The monoisotopic (exact) mass is 987 g/mol. The fraction of sp³-hybridized carbons (Fsp3) is 0.264. The molecule has 0 saturated carbocycles. The Bertz CT molecular complexity index is 2970. The van der Waals surface area contributed by atoms with Crippen LogP contribution in [0.4, 0.5) is 0 Å². The third-order valence-electron chi connectivity index (χ3n) is 10.6. The van der Waals surface area contributed by atoms with Gasteiger partial charge in [0.2, 0.25) is 0 Å². The molecule has 0 aliphatic carbocycles. The number of carbonyl (C=O) groups excluding carboxylic acids is 2. The Labute approximate surface area is 413 Å². The van der Waals surface area contributed by atoms with E-state index in [0.29, 0.717) is 6.61 Å². The molecule has 0 spiro atoms. The van der Waals surface area contributed by atoms with Crippen molar-refractivity contribution in [1.82, 2.24) is 4.98 Å². The lowest BCUT2D eigenvalue weighted by atomic mass is 9.84. The first-order chi connectivity index (χ1) is 34.9. The van der Waals surface area contributed by atoms with Gasteiger partial charge in [-0.15, -0.1) is 0 Å². The van der Waals surface area contributed by atoms with Gasteiger partial charge in [-0.25, -0.2) is 14.8 Å². The van der Waals surface area contributed by atoms with Crippen molar-refractivity contribution in [2.75, 3.05) is 6.61 Å². The first kappa shape index (κ1) is 54.0. The Balaban J connectivity index is 1.18. The molecule has 0 amide bonds. The number of aryl methyl sites for hydroxylation is 2. The van der Waals surface area contributed by atoms with Crippen LogP contribution in [-0.2, 0) is 80.4 Å². The van der Waals surface area contributed by atoms with Crippen molar-refractivity contribution in [3.05, 3.63) is 114 Å². The van der Waals surface area contributed by atoms with Crippen LogP contribution < -0.4 is 9.47 Å². The van der Waals surface area contributed by atoms with Crippen molar-refractivity contribution in [3.8, 4) is 80.5 Å². The minimum absolute atomic E-state index is 0.0688. The van der Waals surface area contributed by atoms with Gasteiger partial charge in [0.1, 0.15) is 11.5 Å². The van der Waals surface area contributed by atoms with E-state index in [9.17, 15) is 9.59 Å². The first-order valence-corrected chi connectivity index (χ1v) is 22.4. The summed E-state index contributed by atoms with van der Waals surface area (Å²) in [6.45, 7) is 13.6. The van der Waals surface area contributed by atoms with Gasteiger partial charge in [0, 0.05) is 53.3 Å². The third kappa shape index (κ3) is 16.4. The van der Waals surface area contributed by atoms with E-state index in [-0.39, 0.29) is 11.2 Å². The van der Waals surface area contributed by atoms with Crippen LogP contribution in [0.5, 0.6) is 11.5 Å². The number of pyridine rings is 1. The quantitative estimate of drug-likeness (QED) is 0.00874. The lowest BCUT2D eigenvalue weighted by Gasteiger charge is -2.21. The van der Waals surface area contributed by atoms with Crippen LogP contribution in [0.1, 0.15) is 83.0 Å². The van der Waals surface area contributed by atoms with Crippen molar-refractivity contribution >= 4 is 33.5 Å². The number of hydrogen-bond donors (Lipinski definition) is 1. The number of nitrogens with zero attached hydrogens (tertiary/aromatic N) is 1. The highest BCUT2D eigenvalue weighted by atomic mass is 18.0. The van der Waals surface area contributed by atoms with Crippen LogP contribution >= 0.6 is 0 Å². The SMILES string of the molecule is CCCCCCCCOc1ccc(-c2c3ccc(C)cc3c(-c3ccc(OC(=O)C#CC#CC#CC(=O)OOOOOOOOOOOOOO)cc3)c3ccc(-c4cc(C(C)(C)C)cc(C)n4)cc23)cc1. The Hall–Kier alpha value is -7.33. The predicted octanol–water partition coefficient (Wildman–Crippen LogP) is 11.2. The first-order valence-electron chi connectivity index (χ1n) is 22.4. The summed E-state index contributed by atoms with van der Waals surface area (Å²) >= 11 is 0. The molecule has 5 aromatic carbocycles. The van der Waals surface area contributed by atoms with E-state index < -0.39 is 11.9 Å². The van der Waals surface area contributed by atoms with Gasteiger partial charge in [0.05, 0.1) is 12.3 Å². The maximum Gasteiger partial charge on any atom is 0.421 e. The van der Waals surface area contributed by atoms with Crippen LogP contribution in [0.15, 0.2) is 97.1 Å². The van der Waals surface area contributed by atoms with Gasteiger partial charge in [-0.3, -0.25) is 9.87 Å². The second-order valence-corrected chi connectivity index (χ2v) is 16.7. The number of esters is 1. The summed E-state index contributed by atoms with van der Waals surface area (Å²) in [5.74, 6) is 12.0. The van der Waals surface area contributed by atoms with E-state index >= 15 is 0 Å². The minimum Gasteiger partial charge on any atom is -0.494 e. The zero-order valence-corrected chi connectivity index (χ0v) is 40.0. The standard InChI is InChI=1S/C53H49NO18/c1-7-8-9-10-13-16-31-58-42-25-20-38(21-26-42)52-44-29-19-36(2)32-46(44)51(45-30-24-40(34-47(45)52)48-35-41(53(4,5)6)33-37(3)54-48)39-22-27-43(28-23-39)59-49(55)17-14-11-12-15-18-50(56)60-62-64-66-68-70-72-71-69-67-65-63-61-57/h19-30,32-35,57H,7-10,13,16,31H2,1-6H3. The van der Waals surface area contributed by atoms with Crippen molar-refractivity contribution in [3.63, 3.8) is 0 Å². The Kier molecular flexibility index (Phi) is 20.9. The second-order valence-electron chi connectivity index (χ2n) is 16.7. The van der Waals surface area contributed by atoms with Gasteiger partial charge < -0.3 is 9.47 Å². The number of ether oxygens (including phenoxy) is 2. The van der Waals surface area contributed by atoms with Crippen LogP contribution in [0.25, 0.3) is 55.1 Å². The highest BCUT2D eigenvalue weighted by Gasteiger charge is 2.20. The lowest BCUT2D eigenvalue weighted by Crippen LogP contribution is -2.12. The van der Waals surface area contributed by atoms with Crippen molar-refractivity contribution < 1.29 is 89.7 Å². The molecule has 374 valence electrons. The molecule has 6 rings (SSSR count). The molecule has 1 N–H and O–H groups in total. The maximum absolute atomic E-state index is 12.6. The fourth-order valence-electron chi connectivity index (χ4n) is 7.39. The molecule has 0 unspecified atom stereocenters. The number of carbonyl (C=O) groups is 2. The van der Waals surface area contributed by atoms with Crippen LogP contribution in [0, 0.1) is 49.4 Å². The zero-order valence-electron chi connectivity index (χ0n) is 40.0. The number of fused-ring (bicyclic) bond motifs is 2. The van der Waals surface area contributed by atoms with E-state index in [2.05, 4.69) is 202 Å². The van der Waals surface area contributed by atoms with Crippen LogP contribution in [0.2, 0.25) is 0 Å². The number of hydrogen-bond acceptors (Lipinski definition) is 19. The highest BCUT2D eigenvalue weighted by Crippen LogP contribution is 2.45. The topological polar surface area (TPSA) is 206 Å². The Morgan fingerprint density at radius 2 is 1.07 bits per heavy atom. The number of unbranched alkanes of at least 4 members (excludes halogenated alkanes) is 5. The van der Waals surface area contributed by atoms with Crippen molar-refractivity contribution in [2.24, 2.45) is 0 Å². The number of benzene rings is 5. The van der Waals surface area contributed by atoms with Gasteiger partial charge >= 0.3 is 11.9 Å². The third-order valence-corrected chi connectivity index (χ3v) is 10.6. The summed E-state index contributed by atoms with van der Waals surface area (Å²) in [6.07, 6.45) is 7.19. The average molecular weight is 988 g/mol. The average Bonchev–Trinajstić information content (AvgIpc) is 3.36. The summed E-state index contributed by atoms with van der Waals surface area (Å²) in [4.78, 5) is 33.3. The number of rotatable bonds is 24. The predicted molar refractivity (Wildman–Crippen MR) is 253 cm³/mol. The molecule has 0 atom stereocenters. The zero-order chi connectivity index (χ0) is 51.1. The maximum atomic E-state index is 12.6. The van der Waals surface area contributed by atoms with E-state index in [1.165, 1.54) is 31.2 Å². The summed E-state index contributed by atoms with van der Waals surface area (Å²) < 4.78 is 11.7. The highest BCUT2D eigenvalue weighted by molar-refractivity contribution is 6.22. The Morgan fingerprint density at radius 3 is 1.68 bits per heavy atom. The molecule has 0 bridgehead atoms. The van der Waals surface area contributed by atoms with Crippen LogP contribution in [-0.4, -0.2) is 28.8 Å². The lowest BCUT2D eigenvalue weighted by molar-refractivity contribution is -0.874. The fourth-order valence-corrected chi connectivity index (χ4v) is 7.39. The molecule has 0 saturated heterocycles. The van der Waals surface area contributed by atoms with E-state index in [1.807, 2.05) is 25.0 Å². The van der Waals surface area contributed by atoms with Crippen molar-refractivity contribution in [2.45, 2.75) is 85.5 Å². The van der Waals surface area contributed by atoms with E-state index in [4.69, 9.17) is 19.7 Å². The van der Waals surface area contributed by atoms with E-state index in [0.717, 1.165) is 84.9 Å².